The van der Waals surface area contributed by atoms with Gasteiger partial charge in [0.15, 0.2) is 0 Å². The van der Waals surface area contributed by atoms with Crippen molar-refractivity contribution in [1.82, 2.24) is 14.7 Å². The summed E-state index contributed by atoms with van der Waals surface area (Å²) in [5.74, 6) is 0.622. The number of likely N-dealkylation sites (tertiary alicyclic amines) is 1. The predicted octanol–water partition coefficient (Wildman–Crippen LogP) is 5.01. The van der Waals surface area contributed by atoms with Crippen molar-refractivity contribution >= 4 is 10.8 Å². The molecule has 5 nitrogen and oxygen atoms in total. The van der Waals surface area contributed by atoms with Crippen LogP contribution in [0.2, 0.25) is 0 Å². The molecule has 0 amide bonds. The Morgan fingerprint density at radius 1 is 0.914 bits per heavy atom. The van der Waals surface area contributed by atoms with Crippen LogP contribution in [-0.4, -0.2) is 41.4 Å². The molecule has 180 valence electrons. The van der Waals surface area contributed by atoms with Crippen LogP contribution in [0.5, 0.6) is 5.75 Å². The molecule has 1 aliphatic rings. The number of hydrogen-bond donors (Lipinski definition) is 0. The third kappa shape index (κ3) is 5.28. The second-order valence-corrected chi connectivity index (χ2v) is 9.22. The summed E-state index contributed by atoms with van der Waals surface area (Å²) in [7, 11) is 1.68. The summed E-state index contributed by atoms with van der Waals surface area (Å²) in [5, 5.41) is 6.42. The molecule has 1 fully saturated rings. The number of ether oxygens (including phenoxy) is 1. The third-order valence-electron chi connectivity index (χ3n) is 6.97. The maximum absolute atomic E-state index is 13.4. The van der Waals surface area contributed by atoms with Gasteiger partial charge in [-0.1, -0.05) is 42.5 Å². The molecule has 4 aromatic rings. The van der Waals surface area contributed by atoms with Gasteiger partial charge in [-0.25, -0.2) is 9.07 Å². The Hall–Kier alpha value is -3.51. The number of fused-ring (bicyclic) bond motifs is 1. The Morgan fingerprint density at radius 2 is 1.57 bits per heavy atom. The molecule has 0 aliphatic carbocycles. The molecule has 0 atom stereocenters. The molecule has 1 saturated heterocycles. The molecule has 3 aromatic carbocycles. The first-order chi connectivity index (χ1) is 17.1. The fourth-order valence-electron chi connectivity index (χ4n) is 4.91. The van der Waals surface area contributed by atoms with Gasteiger partial charge < -0.3 is 9.64 Å². The number of hydrogen-bond acceptors (Lipinski definition) is 4. The quantitative estimate of drug-likeness (QED) is 0.380. The minimum atomic E-state index is -0.254. The number of halogens is 1. The topological polar surface area (TPSA) is 47.4 Å². The number of rotatable bonds is 7. The van der Waals surface area contributed by atoms with E-state index in [4.69, 9.17) is 9.84 Å². The van der Waals surface area contributed by atoms with Gasteiger partial charge in [0, 0.05) is 31.4 Å². The Labute approximate surface area is 204 Å². The first kappa shape index (κ1) is 23.2. The maximum atomic E-state index is 13.4. The lowest BCUT2D eigenvalue weighted by Crippen LogP contribution is -2.39. The van der Waals surface area contributed by atoms with E-state index in [1.165, 1.54) is 17.7 Å². The van der Waals surface area contributed by atoms with E-state index in [-0.39, 0.29) is 17.4 Å². The van der Waals surface area contributed by atoms with Crippen LogP contribution in [0.3, 0.4) is 0 Å². The van der Waals surface area contributed by atoms with Crippen LogP contribution in [-0.2, 0) is 12.8 Å². The van der Waals surface area contributed by atoms with Crippen LogP contribution in [0, 0.1) is 5.82 Å². The number of benzene rings is 3. The minimum absolute atomic E-state index is 0.0276. The van der Waals surface area contributed by atoms with Crippen molar-refractivity contribution < 1.29 is 9.13 Å². The molecular weight excluding hydrogens is 441 g/mol. The summed E-state index contributed by atoms with van der Waals surface area (Å²) < 4.78 is 20.3. The zero-order valence-electron chi connectivity index (χ0n) is 20.0. The summed E-state index contributed by atoms with van der Waals surface area (Å²) >= 11 is 0. The van der Waals surface area contributed by atoms with Gasteiger partial charge in [0.2, 0.25) is 0 Å². The average molecular weight is 472 g/mol. The van der Waals surface area contributed by atoms with Crippen molar-refractivity contribution in [2.45, 2.75) is 31.7 Å². The third-order valence-corrected chi connectivity index (χ3v) is 6.97. The van der Waals surface area contributed by atoms with E-state index < -0.39 is 0 Å². The molecule has 0 N–H and O–H groups in total. The fourth-order valence-corrected chi connectivity index (χ4v) is 4.91. The normalized spacial score (nSPS) is 14.9. The first-order valence-corrected chi connectivity index (χ1v) is 12.2. The monoisotopic (exact) mass is 471 g/mol. The molecule has 0 unspecified atom stereocenters. The lowest BCUT2D eigenvalue weighted by molar-refractivity contribution is 0.178. The second-order valence-electron chi connectivity index (χ2n) is 9.22. The smallest absolute Gasteiger partial charge is 0.274 e. The number of nitrogens with zero attached hydrogens (tertiary/aromatic N) is 3. The van der Waals surface area contributed by atoms with Gasteiger partial charge in [0.25, 0.3) is 5.56 Å². The second kappa shape index (κ2) is 10.4. The molecule has 6 heteroatoms. The fraction of sp³-hybridized carbons (Fsp3) is 0.310. The van der Waals surface area contributed by atoms with Gasteiger partial charge in [-0.05, 0) is 60.7 Å². The molecule has 2 heterocycles. The van der Waals surface area contributed by atoms with E-state index in [0.717, 1.165) is 61.3 Å². The summed E-state index contributed by atoms with van der Waals surface area (Å²) in [5.41, 5.74) is 3.10. The van der Waals surface area contributed by atoms with Gasteiger partial charge in [-0.15, -0.1) is 0 Å². The van der Waals surface area contributed by atoms with Gasteiger partial charge in [-0.3, -0.25) is 4.79 Å². The SMILES string of the molecule is COc1ccc(CCN2CCC(n3nc(Cc4ccc(F)cc4)c4ccccc4c3=O)CC2)cc1. The van der Waals surface area contributed by atoms with Crippen molar-refractivity contribution in [1.29, 1.82) is 0 Å². The Morgan fingerprint density at radius 3 is 2.26 bits per heavy atom. The average Bonchev–Trinajstić information content (AvgIpc) is 2.91. The molecule has 0 bridgehead atoms. The van der Waals surface area contributed by atoms with Gasteiger partial charge >= 0.3 is 0 Å². The molecule has 0 saturated carbocycles. The molecule has 0 spiro atoms. The summed E-state index contributed by atoms with van der Waals surface area (Å²) in [6, 6.07) is 22.5. The van der Waals surface area contributed by atoms with E-state index in [9.17, 15) is 9.18 Å². The maximum Gasteiger partial charge on any atom is 0.274 e. The van der Waals surface area contributed by atoms with E-state index in [1.807, 2.05) is 36.4 Å². The van der Waals surface area contributed by atoms with E-state index in [2.05, 4.69) is 17.0 Å². The van der Waals surface area contributed by atoms with Crippen molar-refractivity contribution in [2.24, 2.45) is 0 Å². The lowest BCUT2D eigenvalue weighted by Gasteiger charge is -2.32. The minimum Gasteiger partial charge on any atom is -0.497 e. The van der Waals surface area contributed by atoms with Gasteiger partial charge in [0.1, 0.15) is 11.6 Å². The Bertz CT molecular complexity index is 1340. The van der Waals surface area contributed by atoms with Crippen LogP contribution >= 0.6 is 0 Å². The van der Waals surface area contributed by atoms with Crippen LogP contribution in [0.15, 0.2) is 77.6 Å². The van der Waals surface area contributed by atoms with E-state index >= 15 is 0 Å². The summed E-state index contributed by atoms with van der Waals surface area (Å²) in [6.07, 6.45) is 3.33. The first-order valence-electron chi connectivity index (χ1n) is 12.2. The highest BCUT2D eigenvalue weighted by atomic mass is 19.1. The van der Waals surface area contributed by atoms with Crippen LogP contribution in [0.1, 0.15) is 35.7 Å². The number of methoxy groups -OCH3 is 1. The highest BCUT2D eigenvalue weighted by molar-refractivity contribution is 5.83. The molecule has 1 aliphatic heterocycles. The largest absolute Gasteiger partial charge is 0.497 e. The molecule has 5 rings (SSSR count). The Kier molecular flexibility index (Phi) is 6.91. The van der Waals surface area contributed by atoms with Crippen LogP contribution < -0.4 is 10.3 Å². The van der Waals surface area contributed by atoms with Crippen molar-refractivity contribution in [3.63, 3.8) is 0 Å². The summed E-state index contributed by atoms with van der Waals surface area (Å²) in [6.45, 7) is 2.87. The molecular formula is C29H30FN3O2. The van der Waals surface area contributed by atoms with Gasteiger partial charge in [-0.2, -0.15) is 5.10 Å². The standard InChI is InChI=1S/C29H30FN3O2/c1-35-25-12-8-21(9-13-25)14-17-32-18-15-24(16-19-32)33-29(34)27-5-3-2-4-26(27)28(31-33)20-22-6-10-23(30)11-7-22/h2-13,24H,14-20H2,1H3. The number of piperidine rings is 1. The Balaban J connectivity index is 1.31. The van der Waals surface area contributed by atoms with Crippen LogP contribution in [0.25, 0.3) is 10.8 Å². The molecule has 1 aromatic heterocycles. The van der Waals surface area contributed by atoms with Crippen LogP contribution in [0.4, 0.5) is 4.39 Å². The van der Waals surface area contributed by atoms with E-state index in [0.29, 0.717) is 11.8 Å². The van der Waals surface area contributed by atoms with Crippen molar-refractivity contribution in [3.05, 3.63) is 106 Å². The van der Waals surface area contributed by atoms with Crippen molar-refractivity contribution in [2.75, 3.05) is 26.7 Å². The zero-order chi connectivity index (χ0) is 24.2. The van der Waals surface area contributed by atoms with Gasteiger partial charge in [0.05, 0.1) is 24.2 Å². The van der Waals surface area contributed by atoms with E-state index in [1.54, 1.807) is 23.9 Å². The lowest BCUT2D eigenvalue weighted by atomic mass is 10.0. The highest BCUT2D eigenvalue weighted by Gasteiger charge is 2.23. The highest BCUT2D eigenvalue weighted by Crippen LogP contribution is 2.24. The summed E-state index contributed by atoms with van der Waals surface area (Å²) in [4.78, 5) is 15.8. The predicted molar refractivity (Wildman–Crippen MR) is 137 cm³/mol. The zero-order valence-corrected chi connectivity index (χ0v) is 20.0. The molecule has 35 heavy (non-hydrogen) atoms. The van der Waals surface area contributed by atoms with Crippen molar-refractivity contribution in [3.8, 4) is 5.75 Å². The number of aromatic nitrogens is 2. The molecule has 0 radical (unpaired) electrons.